The normalized spacial score (nSPS) is 31.4. The van der Waals surface area contributed by atoms with Gasteiger partial charge in [0.1, 0.15) is 5.00 Å². The third-order valence-electron chi connectivity index (χ3n) is 3.67. The van der Waals surface area contributed by atoms with Gasteiger partial charge in [0.25, 0.3) is 0 Å². The fourth-order valence-corrected chi connectivity index (χ4v) is 3.45. The van der Waals surface area contributed by atoms with Gasteiger partial charge in [-0.25, -0.2) is 0 Å². The molecule has 1 amide bonds. The molecular formula is C11H16N4OS. The van der Waals surface area contributed by atoms with Crippen LogP contribution in [0.25, 0.3) is 0 Å². The van der Waals surface area contributed by atoms with Crippen molar-refractivity contribution in [2.75, 3.05) is 5.32 Å². The molecular weight excluding hydrogens is 236 g/mol. The summed E-state index contributed by atoms with van der Waals surface area (Å²) in [5.74, 6) is 0.636. The summed E-state index contributed by atoms with van der Waals surface area (Å²) in [6.07, 6.45) is 7.07. The first kappa shape index (κ1) is 11.1. The van der Waals surface area contributed by atoms with Gasteiger partial charge in [0.2, 0.25) is 5.91 Å². The molecule has 2 fully saturated rings. The van der Waals surface area contributed by atoms with Gasteiger partial charge in [-0.3, -0.25) is 4.79 Å². The Kier molecular flexibility index (Phi) is 3.07. The van der Waals surface area contributed by atoms with Crippen molar-refractivity contribution in [3.8, 4) is 0 Å². The van der Waals surface area contributed by atoms with Crippen LogP contribution < -0.4 is 10.6 Å². The van der Waals surface area contributed by atoms with Crippen molar-refractivity contribution in [3.63, 3.8) is 0 Å². The van der Waals surface area contributed by atoms with Crippen molar-refractivity contribution < 1.29 is 4.79 Å². The number of rotatable bonds is 3. The Bertz CT molecular complexity index is 382. The first-order valence-electron chi connectivity index (χ1n) is 6.13. The second-order valence-corrected chi connectivity index (χ2v) is 5.80. The minimum Gasteiger partial charge on any atom is -0.315 e. The zero-order valence-electron chi connectivity index (χ0n) is 9.56. The number of aromatic nitrogens is 2. The highest BCUT2D eigenvalue weighted by molar-refractivity contribution is 7.10. The van der Waals surface area contributed by atoms with Gasteiger partial charge in [-0.1, -0.05) is 4.49 Å². The minimum atomic E-state index is 0.0994. The van der Waals surface area contributed by atoms with Crippen molar-refractivity contribution >= 4 is 22.4 Å². The molecule has 2 aliphatic rings. The van der Waals surface area contributed by atoms with E-state index in [1.807, 2.05) is 0 Å². The van der Waals surface area contributed by atoms with Crippen LogP contribution in [0.3, 0.4) is 0 Å². The number of piperidine rings is 1. The second kappa shape index (κ2) is 4.70. The quantitative estimate of drug-likeness (QED) is 0.853. The van der Waals surface area contributed by atoms with Crippen molar-refractivity contribution in [2.45, 2.75) is 44.2 Å². The fraction of sp³-hybridized carbons (Fsp3) is 0.727. The molecule has 2 atom stereocenters. The lowest BCUT2D eigenvalue weighted by atomic mass is 9.89. The lowest BCUT2D eigenvalue weighted by Crippen LogP contribution is -2.39. The molecule has 3 heterocycles. The van der Waals surface area contributed by atoms with Crippen LogP contribution >= 0.6 is 11.5 Å². The fourth-order valence-electron chi connectivity index (χ4n) is 3.01. The molecule has 0 saturated carbocycles. The predicted molar refractivity (Wildman–Crippen MR) is 65.8 cm³/mol. The number of hydrogen-bond acceptors (Lipinski definition) is 5. The molecule has 2 unspecified atom stereocenters. The predicted octanol–water partition coefficient (Wildman–Crippen LogP) is 1.40. The Morgan fingerprint density at radius 2 is 2.24 bits per heavy atom. The number of amides is 1. The third kappa shape index (κ3) is 2.63. The summed E-state index contributed by atoms with van der Waals surface area (Å²) in [6, 6.07) is 1.30. The number of carbonyl (C=O) groups excluding carboxylic acids is 1. The van der Waals surface area contributed by atoms with E-state index in [2.05, 4.69) is 20.2 Å². The van der Waals surface area contributed by atoms with Crippen molar-refractivity contribution in [3.05, 3.63) is 6.20 Å². The van der Waals surface area contributed by atoms with Gasteiger partial charge in [0.15, 0.2) is 0 Å². The average molecular weight is 252 g/mol. The van der Waals surface area contributed by atoms with E-state index < -0.39 is 0 Å². The molecule has 6 heteroatoms. The summed E-state index contributed by atoms with van der Waals surface area (Å²) in [5.41, 5.74) is 0. The van der Waals surface area contributed by atoms with E-state index in [4.69, 9.17) is 0 Å². The SMILES string of the molecule is O=C(CC1CC2CCC(C1)N2)Nc1cnns1. The largest absolute Gasteiger partial charge is 0.315 e. The van der Waals surface area contributed by atoms with Crippen LogP contribution in [-0.4, -0.2) is 27.6 Å². The molecule has 17 heavy (non-hydrogen) atoms. The van der Waals surface area contributed by atoms with E-state index in [-0.39, 0.29) is 5.91 Å². The Morgan fingerprint density at radius 1 is 1.47 bits per heavy atom. The summed E-state index contributed by atoms with van der Waals surface area (Å²) < 4.78 is 3.72. The highest BCUT2D eigenvalue weighted by Crippen LogP contribution is 2.32. The van der Waals surface area contributed by atoms with Gasteiger partial charge < -0.3 is 10.6 Å². The van der Waals surface area contributed by atoms with Crippen LogP contribution in [0.4, 0.5) is 5.00 Å². The van der Waals surface area contributed by atoms with Gasteiger partial charge in [-0.05, 0) is 31.6 Å². The zero-order valence-corrected chi connectivity index (χ0v) is 10.4. The Balaban J connectivity index is 1.51. The topological polar surface area (TPSA) is 66.9 Å². The van der Waals surface area contributed by atoms with Crippen molar-refractivity contribution in [1.29, 1.82) is 0 Å². The monoisotopic (exact) mass is 252 g/mol. The second-order valence-electron chi connectivity index (χ2n) is 5.01. The van der Waals surface area contributed by atoms with E-state index >= 15 is 0 Å². The van der Waals surface area contributed by atoms with Crippen LogP contribution in [0.15, 0.2) is 6.20 Å². The third-order valence-corrected chi connectivity index (χ3v) is 4.25. The molecule has 0 aromatic carbocycles. The summed E-state index contributed by atoms with van der Waals surface area (Å²) in [6.45, 7) is 0. The average Bonchev–Trinajstić information content (AvgIpc) is 2.89. The van der Waals surface area contributed by atoms with E-state index in [1.54, 1.807) is 6.20 Å². The molecule has 0 aliphatic carbocycles. The van der Waals surface area contributed by atoms with Crippen LogP contribution in [0, 0.1) is 5.92 Å². The van der Waals surface area contributed by atoms with E-state index in [9.17, 15) is 4.79 Å². The van der Waals surface area contributed by atoms with Gasteiger partial charge in [0.05, 0.1) is 6.20 Å². The van der Waals surface area contributed by atoms with Gasteiger partial charge in [-0.15, -0.1) is 5.10 Å². The maximum Gasteiger partial charge on any atom is 0.225 e. The lowest BCUT2D eigenvalue weighted by molar-refractivity contribution is -0.117. The number of fused-ring (bicyclic) bond motifs is 2. The summed E-state index contributed by atoms with van der Waals surface area (Å²) >= 11 is 1.22. The van der Waals surface area contributed by atoms with Gasteiger partial charge >= 0.3 is 0 Å². The Morgan fingerprint density at radius 3 is 2.88 bits per heavy atom. The van der Waals surface area contributed by atoms with E-state index in [0.717, 1.165) is 17.8 Å². The Hall–Kier alpha value is -1.01. The Labute approximate surface area is 104 Å². The van der Waals surface area contributed by atoms with Crippen LogP contribution in [0.1, 0.15) is 32.1 Å². The van der Waals surface area contributed by atoms with Crippen molar-refractivity contribution in [1.82, 2.24) is 14.9 Å². The van der Waals surface area contributed by atoms with Crippen LogP contribution in [0.2, 0.25) is 0 Å². The maximum atomic E-state index is 11.8. The van der Waals surface area contributed by atoms with Crippen LogP contribution in [-0.2, 0) is 4.79 Å². The highest BCUT2D eigenvalue weighted by atomic mass is 32.1. The van der Waals surface area contributed by atoms with E-state index in [0.29, 0.717) is 24.4 Å². The zero-order chi connectivity index (χ0) is 11.7. The molecule has 2 aliphatic heterocycles. The van der Waals surface area contributed by atoms with E-state index in [1.165, 1.54) is 24.4 Å². The van der Waals surface area contributed by atoms with Crippen molar-refractivity contribution in [2.24, 2.45) is 5.92 Å². The number of nitrogens with one attached hydrogen (secondary N) is 2. The minimum absolute atomic E-state index is 0.0994. The summed E-state index contributed by atoms with van der Waals surface area (Å²) in [7, 11) is 0. The molecule has 1 aromatic heterocycles. The smallest absolute Gasteiger partial charge is 0.225 e. The van der Waals surface area contributed by atoms with Crippen LogP contribution in [0.5, 0.6) is 0 Å². The molecule has 2 saturated heterocycles. The summed E-state index contributed by atoms with van der Waals surface area (Å²) in [5, 5.41) is 10.9. The molecule has 1 aromatic rings. The first-order chi connectivity index (χ1) is 8.29. The molecule has 92 valence electrons. The lowest BCUT2D eigenvalue weighted by Gasteiger charge is -2.28. The number of nitrogens with zero attached hydrogens (tertiary/aromatic N) is 2. The molecule has 3 rings (SSSR count). The van der Waals surface area contributed by atoms with Gasteiger partial charge in [0, 0.05) is 30.0 Å². The standard InChI is InChI=1S/C11H16N4OS/c16-10(14-11-6-12-15-17-11)5-7-3-8-1-2-9(4-7)13-8/h6-9,13H,1-5H2,(H,14,16). The molecule has 2 N–H and O–H groups in total. The highest BCUT2D eigenvalue weighted by Gasteiger charge is 2.34. The molecule has 5 nitrogen and oxygen atoms in total. The maximum absolute atomic E-state index is 11.8. The molecule has 0 radical (unpaired) electrons. The number of hydrogen-bond donors (Lipinski definition) is 2. The number of anilines is 1. The first-order valence-corrected chi connectivity index (χ1v) is 6.90. The summed E-state index contributed by atoms with van der Waals surface area (Å²) in [4.78, 5) is 11.8. The number of carbonyl (C=O) groups is 1. The molecule has 2 bridgehead atoms. The van der Waals surface area contributed by atoms with Gasteiger partial charge in [-0.2, -0.15) is 0 Å². The molecule has 0 spiro atoms.